The van der Waals surface area contributed by atoms with Crippen LogP contribution in [0.3, 0.4) is 0 Å². The Bertz CT molecular complexity index is 1200. The average Bonchev–Trinajstić information content (AvgIpc) is 3.00. The first-order chi connectivity index (χ1) is 15.9. The van der Waals surface area contributed by atoms with Crippen LogP contribution < -0.4 is 20.3 Å². The second-order valence-electron chi connectivity index (χ2n) is 9.07. The number of benzene rings is 1. The molecule has 0 bridgehead atoms. The molecule has 1 N–H and O–H groups in total. The Kier molecular flexibility index (Phi) is 6.93. The molecule has 0 unspecified atom stereocenters. The Morgan fingerprint density at radius 1 is 1.09 bits per heavy atom. The van der Waals surface area contributed by atoms with Crippen molar-refractivity contribution < 1.29 is 14.3 Å². The van der Waals surface area contributed by atoms with Gasteiger partial charge in [0.05, 0.1) is 19.7 Å². The molecule has 1 saturated carbocycles. The first kappa shape index (κ1) is 23.2. The number of fused-ring (bicyclic) bond motifs is 3. The second-order valence-corrected chi connectivity index (χ2v) is 9.07. The molecule has 0 atom stereocenters. The zero-order valence-corrected chi connectivity index (χ0v) is 20.0. The van der Waals surface area contributed by atoms with Crippen molar-refractivity contribution >= 4 is 22.3 Å². The highest BCUT2D eigenvalue weighted by Gasteiger charge is 2.23. The van der Waals surface area contributed by atoms with E-state index in [1.807, 2.05) is 37.2 Å². The molecule has 1 aliphatic carbocycles. The molecular formula is C25H34N4O4. The van der Waals surface area contributed by atoms with Gasteiger partial charge in [0.2, 0.25) is 0 Å². The number of hydrogen-bond acceptors (Lipinski definition) is 5. The van der Waals surface area contributed by atoms with Gasteiger partial charge < -0.3 is 24.1 Å². The molecule has 0 spiro atoms. The van der Waals surface area contributed by atoms with Gasteiger partial charge in [0.25, 0.3) is 11.5 Å². The Morgan fingerprint density at radius 2 is 1.76 bits per heavy atom. The van der Waals surface area contributed by atoms with Gasteiger partial charge in [-0.25, -0.2) is 0 Å². The maximum atomic E-state index is 13.6. The van der Waals surface area contributed by atoms with Crippen LogP contribution in [0.5, 0.6) is 11.5 Å². The molecule has 2 heterocycles. The Balaban J connectivity index is 1.88. The quantitative estimate of drug-likeness (QED) is 0.555. The van der Waals surface area contributed by atoms with Gasteiger partial charge in [-0.05, 0) is 45.1 Å². The summed E-state index contributed by atoms with van der Waals surface area (Å²) in [6.07, 6.45) is 8.39. The molecule has 1 amide bonds. The van der Waals surface area contributed by atoms with Crippen molar-refractivity contribution in [3.8, 4) is 11.5 Å². The lowest BCUT2D eigenvalue weighted by Crippen LogP contribution is -2.39. The average molecular weight is 455 g/mol. The molecule has 0 radical (unpaired) electrons. The molecule has 0 saturated heterocycles. The molecule has 1 fully saturated rings. The van der Waals surface area contributed by atoms with Crippen molar-refractivity contribution in [2.75, 3.05) is 34.9 Å². The van der Waals surface area contributed by atoms with E-state index in [2.05, 4.69) is 5.32 Å². The molecule has 0 aliphatic heterocycles. The summed E-state index contributed by atoms with van der Waals surface area (Å²) >= 11 is 0. The van der Waals surface area contributed by atoms with Crippen LogP contribution in [-0.4, -0.2) is 60.7 Å². The van der Waals surface area contributed by atoms with Crippen LogP contribution in [0.1, 0.15) is 49.0 Å². The SMILES string of the molecule is COc1ccc(OC)c2c1cc1c(=O)n(CCN(C)C)c(C(=O)NC3CCCCCC3)cn12. The van der Waals surface area contributed by atoms with Gasteiger partial charge in [0.1, 0.15) is 22.7 Å². The Labute approximate surface area is 194 Å². The second kappa shape index (κ2) is 9.87. The molecule has 178 valence electrons. The van der Waals surface area contributed by atoms with E-state index in [9.17, 15) is 9.59 Å². The number of methoxy groups -OCH3 is 2. The number of ether oxygens (including phenoxy) is 2. The summed E-state index contributed by atoms with van der Waals surface area (Å²) in [4.78, 5) is 29.1. The lowest BCUT2D eigenvalue weighted by atomic mass is 10.1. The third kappa shape index (κ3) is 4.57. The molecular weight excluding hydrogens is 420 g/mol. The normalized spacial score (nSPS) is 15.2. The fraction of sp³-hybridized carbons (Fsp3) is 0.520. The number of likely N-dealkylation sites (N-methyl/N-ethyl adjacent to an activating group) is 1. The highest BCUT2D eigenvalue weighted by molar-refractivity contribution is 5.98. The minimum Gasteiger partial charge on any atom is -0.496 e. The number of aromatic nitrogens is 2. The summed E-state index contributed by atoms with van der Waals surface area (Å²) in [5.74, 6) is 1.06. The Hall–Kier alpha value is -3.00. The van der Waals surface area contributed by atoms with Crippen molar-refractivity contribution in [3.05, 3.63) is 40.4 Å². The van der Waals surface area contributed by atoms with Crippen LogP contribution >= 0.6 is 0 Å². The van der Waals surface area contributed by atoms with Crippen LogP contribution in [0, 0.1) is 0 Å². The molecule has 3 aromatic rings. The summed E-state index contributed by atoms with van der Waals surface area (Å²) in [6, 6.07) is 5.60. The maximum absolute atomic E-state index is 13.6. The number of hydrogen-bond donors (Lipinski definition) is 1. The van der Waals surface area contributed by atoms with Crippen LogP contribution in [0.25, 0.3) is 16.4 Å². The smallest absolute Gasteiger partial charge is 0.275 e. The van der Waals surface area contributed by atoms with Gasteiger partial charge in [-0.1, -0.05) is 25.7 Å². The maximum Gasteiger partial charge on any atom is 0.275 e. The zero-order valence-electron chi connectivity index (χ0n) is 20.0. The van der Waals surface area contributed by atoms with Crippen molar-refractivity contribution in [1.82, 2.24) is 19.2 Å². The Morgan fingerprint density at radius 3 is 2.39 bits per heavy atom. The highest BCUT2D eigenvalue weighted by atomic mass is 16.5. The highest BCUT2D eigenvalue weighted by Crippen LogP contribution is 2.35. The zero-order chi connectivity index (χ0) is 23.5. The summed E-state index contributed by atoms with van der Waals surface area (Å²) in [7, 11) is 7.11. The van der Waals surface area contributed by atoms with Crippen LogP contribution in [0.4, 0.5) is 0 Å². The van der Waals surface area contributed by atoms with Gasteiger partial charge in [-0.3, -0.25) is 14.2 Å². The van der Waals surface area contributed by atoms with E-state index in [0.717, 1.165) is 31.1 Å². The number of nitrogens with one attached hydrogen (secondary N) is 1. The summed E-state index contributed by atoms with van der Waals surface area (Å²) < 4.78 is 14.5. The minimum atomic E-state index is -0.205. The number of carbonyl (C=O) groups is 1. The van der Waals surface area contributed by atoms with E-state index < -0.39 is 0 Å². The molecule has 4 rings (SSSR count). The van der Waals surface area contributed by atoms with Crippen LogP contribution in [-0.2, 0) is 6.54 Å². The largest absolute Gasteiger partial charge is 0.496 e. The molecule has 33 heavy (non-hydrogen) atoms. The molecule has 8 heteroatoms. The molecule has 8 nitrogen and oxygen atoms in total. The fourth-order valence-corrected chi connectivity index (χ4v) is 4.75. The molecule has 2 aromatic heterocycles. The van der Waals surface area contributed by atoms with E-state index in [1.165, 1.54) is 12.8 Å². The van der Waals surface area contributed by atoms with Crippen molar-refractivity contribution in [2.45, 2.75) is 51.1 Å². The molecule has 1 aromatic carbocycles. The monoisotopic (exact) mass is 454 g/mol. The van der Waals surface area contributed by atoms with Gasteiger partial charge in [-0.15, -0.1) is 0 Å². The van der Waals surface area contributed by atoms with E-state index >= 15 is 0 Å². The lowest BCUT2D eigenvalue weighted by Gasteiger charge is -2.20. The first-order valence-electron chi connectivity index (χ1n) is 11.7. The first-order valence-corrected chi connectivity index (χ1v) is 11.7. The van der Waals surface area contributed by atoms with E-state index in [4.69, 9.17) is 9.47 Å². The van der Waals surface area contributed by atoms with Gasteiger partial charge in [0.15, 0.2) is 0 Å². The topological polar surface area (TPSA) is 77.2 Å². The third-order valence-corrected chi connectivity index (χ3v) is 6.56. The van der Waals surface area contributed by atoms with Crippen molar-refractivity contribution in [3.63, 3.8) is 0 Å². The third-order valence-electron chi connectivity index (χ3n) is 6.56. The standard InChI is InChI=1S/C25H34N4O4/c1-27(2)13-14-28-20(24(30)26-17-9-7-5-6-8-10-17)16-29-19(25(28)31)15-18-21(32-3)11-12-22(33-4)23(18)29/h11-12,15-17H,5-10,13-14H2,1-4H3,(H,26,30). The van der Waals surface area contributed by atoms with Crippen LogP contribution in [0.2, 0.25) is 0 Å². The predicted molar refractivity (Wildman–Crippen MR) is 130 cm³/mol. The van der Waals surface area contributed by atoms with E-state index in [0.29, 0.717) is 41.3 Å². The van der Waals surface area contributed by atoms with E-state index in [1.54, 1.807) is 29.4 Å². The van der Waals surface area contributed by atoms with Crippen LogP contribution in [0.15, 0.2) is 29.2 Å². The van der Waals surface area contributed by atoms with Gasteiger partial charge >= 0.3 is 0 Å². The minimum absolute atomic E-state index is 0.143. The van der Waals surface area contributed by atoms with Crippen molar-refractivity contribution in [2.24, 2.45) is 0 Å². The van der Waals surface area contributed by atoms with Gasteiger partial charge in [-0.2, -0.15) is 0 Å². The summed E-state index contributed by atoms with van der Waals surface area (Å²) in [6.45, 7) is 1.07. The van der Waals surface area contributed by atoms with Gasteiger partial charge in [0, 0.05) is 30.7 Å². The number of carbonyl (C=O) groups excluding carboxylic acids is 1. The number of rotatable bonds is 7. The van der Waals surface area contributed by atoms with Crippen molar-refractivity contribution in [1.29, 1.82) is 0 Å². The molecule has 1 aliphatic rings. The lowest BCUT2D eigenvalue weighted by molar-refractivity contribution is 0.0921. The predicted octanol–water partition coefficient (Wildman–Crippen LogP) is 3.29. The summed E-state index contributed by atoms with van der Waals surface area (Å²) in [5, 5.41) is 3.98. The fourth-order valence-electron chi connectivity index (χ4n) is 4.75. The number of amides is 1. The summed E-state index contributed by atoms with van der Waals surface area (Å²) in [5.41, 5.74) is 1.36. The van der Waals surface area contributed by atoms with E-state index in [-0.39, 0.29) is 17.5 Å². The number of nitrogens with zero attached hydrogens (tertiary/aromatic N) is 3.